The molecule has 0 aliphatic carbocycles. The lowest BCUT2D eigenvalue weighted by Gasteiger charge is -2.24. The Morgan fingerprint density at radius 2 is 1.95 bits per heavy atom. The molecule has 0 saturated carbocycles. The highest BCUT2D eigenvalue weighted by Gasteiger charge is 2.36. The fourth-order valence-corrected chi connectivity index (χ4v) is 4.64. The van der Waals surface area contributed by atoms with Crippen LogP contribution in [0.25, 0.3) is 0 Å². The minimum absolute atomic E-state index is 0.102. The topological polar surface area (TPSA) is 70.5 Å². The molecule has 1 N–H and O–H groups in total. The maximum atomic E-state index is 12.8. The summed E-state index contributed by atoms with van der Waals surface area (Å²) in [6.45, 7) is 0.459. The Kier molecular flexibility index (Phi) is 4.08. The van der Waals surface area contributed by atoms with Crippen molar-refractivity contribution >= 4 is 21.6 Å². The predicted molar refractivity (Wildman–Crippen MR) is 83.2 cm³/mol. The molecule has 1 aromatic carbocycles. The van der Waals surface area contributed by atoms with E-state index in [0.29, 0.717) is 11.6 Å². The van der Waals surface area contributed by atoms with Crippen molar-refractivity contribution in [3.05, 3.63) is 53.3 Å². The normalized spacial score (nSPS) is 19.4. The molecule has 5 nitrogen and oxygen atoms in total. The summed E-state index contributed by atoms with van der Waals surface area (Å²) in [5.41, 5.74) is 0.869. The molecule has 0 spiro atoms. The second-order valence-corrected chi connectivity index (χ2v) is 7.53. The first-order valence-corrected chi connectivity index (χ1v) is 8.71. The van der Waals surface area contributed by atoms with Crippen LogP contribution in [-0.2, 0) is 10.0 Å². The Morgan fingerprint density at radius 1 is 1.23 bits per heavy atom. The average Bonchev–Trinajstić information content (AvgIpc) is 2.98. The molecular weight excluding hydrogens is 324 g/mol. The maximum Gasteiger partial charge on any atom is 0.245 e. The van der Waals surface area contributed by atoms with E-state index in [9.17, 15) is 13.5 Å². The van der Waals surface area contributed by atoms with E-state index >= 15 is 0 Å². The van der Waals surface area contributed by atoms with Gasteiger partial charge in [-0.15, -0.1) is 0 Å². The van der Waals surface area contributed by atoms with Gasteiger partial charge in [-0.1, -0.05) is 23.7 Å². The van der Waals surface area contributed by atoms with Crippen molar-refractivity contribution in [2.45, 2.75) is 23.8 Å². The van der Waals surface area contributed by atoms with Crippen LogP contribution in [0.4, 0.5) is 0 Å². The van der Waals surface area contributed by atoms with Crippen LogP contribution in [-0.4, -0.2) is 29.4 Å². The molecule has 2 heterocycles. The lowest BCUT2D eigenvalue weighted by molar-refractivity contribution is 0.396. The molecule has 0 radical (unpaired) electrons. The van der Waals surface area contributed by atoms with Gasteiger partial charge in [0.05, 0.1) is 11.1 Å². The molecule has 116 valence electrons. The number of aromatic nitrogens is 1. The number of aromatic hydroxyl groups is 1. The smallest absolute Gasteiger partial charge is 0.245 e. The maximum absolute atomic E-state index is 12.8. The van der Waals surface area contributed by atoms with Gasteiger partial charge in [0.15, 0.2) is 0 Å². The van der Waals surface area contributed by atoms with Crippen LogP contribution >= 0.6 is 11.6 Å². The second-order valence-electron chi connectivity index (χ2n) is 5.20. The molecule has 22 heavy (non-hydrogen) atoms. The molecule has 7 heteroatoms. The third-order valence-electron chi connectivity index (χ3n) is 3.77. The van der Waals surface area contributed by atoms with Crippen molar-refractivity contribution in [2.24, 2.45) is 0 Å². The number of pyridine rings is 1. The molecule has 1 fully saturated rings. The molecule has 1 atom stereocenters. The zero-order valence-corrected chi connectivity index (χ0v) is 13.3. The van der Waals surface area contributed by atoms with Crippen molar-refractivity contribution in [3.8, 4) is 5.75 Å². The molecule has 3 rings (SSSR count). The van der Waals surface area contributed by atoms with Crippen molar-refractivity contribution in [2.75, 3.05) is 6.54 Å². The monoisotopic (exact) mass is 338 g/mol. The standard InChI is InChI=1S/C15H15ClN2O3S/c16-12-8-14(10-17-9-12)22(20,21)18-7-1-2-15(18)11-3-5-13(19)6-4-11/h3-6,8-10,15,19H,1-2,7H2/t15-/m1/s1. The molecule has 1 saturated heterocycles. The van der Waals surface area contributed by atoms with Crippen LogP contribution in [0.15, 0.2) is 47.6 Å². The fourth-order valence-electron chi connectivity index (χ4n) is 2.73. The SMILES string of the molecule is O=S(=O)(c1cncc(Cl)c1)N1CCC[C@@H]1c1ccc(O)cc1. The minimum Gasteiger partial charge on any atom is -0.508 e. The van der Waals surface area contributed by atoms with E-state index in [1.807, 2.05) is 0 Å². The number of nitrogens with zero attached hydrogens (tertiary/aromatic N) is 2. The molecule has 2 aromatic rings. The van der Waals surface area contributed by atoms with Crippen LogP contribution < -0.4 is 0 Å². The lowest BCUT2D eigenvalue weighted by Crippen LogP contribution is -2.30. The van der Waals surface area contributed by atoms with Gasteiger partial charge in [0.25, 0.3) is 0 Å². The van der Waals surface area contributed by atoms with Gasteiger partial charge in [0.2, 0.25) is 10.0 Å². The fraction of sp³-hybridized carbons (Fsp3) is 0.267. The molecule has 1 aromatic heterocycles. The van der Waals surface area contributed by atoms with E-state index < -0.39 is 10.0 Å². The first kappa shape index (κ1) is 15.3. The predicted octanol–water partition coefficient (Wildman–Crippen LogP) is 2.97. The number of halogens is 1. The van der Waals surface area contributed by atoms with E-state index in [2.05, 4.69) is 4.98 Å². The summed E-state index contributed by atoms with van der Waals surface area (Å²) in [5.74, 6) is 0.162. The molecule has 0 unspecified atom stereocenters. The summed E-state index contributed by atoms with van der Waals surface area (Å²) < 4.78 is 27.1. The zero-order valence-electron chi connectivity index (χ0n) is 11.7. The molecule has 1 aliphatic rings. The first-order valence-electron chi connectivity index (χ1n) is 6.90. The van der Waals surface area contributed by atoms with Gasteiger partial charge in [-0.05, 0) is 36.6 Å². The van der Waals surface area contributed by atoms with Crippen molar-refractivity contribution in [1.82, 2.24) is 9.29 Å². The van der Waals surface area contributed by atoms with Gasteiger partial charge < -0.3 is 5.11 Å². The number of hydrogen-bond acceptors (Lipinski definition) is 4. The largest absolute Gasteiger partial charge is 0.508 e. The Bertz CT molecular complexity index is 778. The summed E-state index contributed by atoms with van der Waals surface area (Å²) in [4.78, 5) is 3.96. The summed E-state index contributed by atoms with van der Waals surface area (Å²) in [6, 6.07) is 7.83. The van der Waals surface area contributed by atoms with Crippen LogP contribution in [0.2, 0.25) is 5.02 Å². The summed E-state index contributed by atoms with van der Waals surface area (Å²) in [5, 5.41) is 9.67. The number of benzene rings is 1. The lowest BCUT2D eigenvalue weighted by atomic mass is 10.1. The van der Waals surface area contributed by atoms with E-state index in [4.69, 9.17) is 11.6 Å². The number of hydrogen-bond donors (Lipinski definition) is 1. The van der Waals surface area contributed by atoms with Crippen molar-refractivity contribution in [3.63, 3.8) is 0 Å². The number of sulfonamides is 1. The van der Waals surface area contributed by atoms with E-state index in [1.54, 1.807) is 24.3 Å². The Labute approximate surface area is 134 Å². The van der Waals surface area contributed by atoms with E-state index in [-0.39, 0.29) is 16.7 Å². The van der Waals surface area contributed by atoms with Crippen LogP contribution in [0.1, 0.15) is 24.4 Å². The number of rotatable bonds is 3. The van der Waals surface area contributed by atoms with Gasteiger partial charge in [-0.2, -0.15) is 4.31 Å². The number of phenols is 1. The van der Waals surface area contributed by atoms with Gasteiger partial charge in [0, 0.05) is 18.9 Å². The van der Waals surface area contributed by atoms with Crippen LogP contribution in [0, 0.1) is 0 Å². The van der Waals surface area contributed by atoms with Gasteiger partial charge in [-0.25, -0.2) is 8.42 Å². The van der Waals surface area contributed by atoms with Crippen LogP contribution in [0.5, 0.6) is 5.75 Å². The summed E-state index contributed by atoms with van der Waals surface area (Å²) in [6.07, 6.45) is 4.26. The summed E-state index contributed by atoms with van der Waals surface area (Å²) in [7, 11) is -3.64. The van der Waals surface area contributed by atoms with Crippen molar-refractivity contribution in [1.29, 1.82) is 0 Å². The zero-order chi connectivity index (χ0) is 15.7. The van der Waals surface area contributed by atoms with Gasteiger partial charge in [-0.3, -0.25) is 4.98 Å². The Morgan fingerprint density at radius 3 is 2.64 bits per heavy atom. The van der Waals surface area contributed by atoms with E-state index in [0.717, 1.165) is 18.4 Å². The van der Waals surface area contributed by atoms with Crippen LogP contribution in [0.3, 0.4) is 0 Å². The summed E-state index contributed by atoms with van der Waals surface area (Å²) >= 11 is 5.86. The Balaban J connectivity index is 1.97. The Hall–Kier alpha value is -1.63. The van der Waals surface area contributed by atoms with Crippen molar-refractivity contribution < 1.29 is 13.5 Å². The van der Waals surface area contributed by atoms with Gasteiger partial charge in [0.1, 0.15) is 10.6 Å². The van der Waals surface area contributed by atoms with Gasteiger partial charge >= 0.3 is 0 Å². The number of phenolic OH excluding ortho intramolecular Hbond substituents is 1. The molecule has 0 amide bonds. The van der Waals surface area contributed by atoms with E-state index in [1.165, 1.54) is 22.8 Å². The second kappa shape index (κ2) is 5.87. The first-order chi connectivity index (χ1) is 10.5. The molecular formula is C15H15ClN2O3S. The third-order valence-corrected chi connectivity index (χ3v) is 5.85. The quantitative estimate of drug-likeness (QED) is 0.934. The average molecular weight is 339 g/mol. The highest BCUT2D eigenvalue weighted by atomic mass is 35.5. The molecule has 0 bridgehead atoms. The highest BCUT2D eigenvalue weighted by molar-refractivity contribution is 7.89. The minimum atomic E-state index is -3.64. The molecule has 1 aliphatic heterocycles. The highest BCUT2D eigenvalue weighted by Crippen LogP contribution is 2.37. The third kappa shape index (κ3) is 2.82.